The largest absolute Gasteiger partial charge is 0.434 e. The zero-order chi connectivity index (χ0) is 14.4. The van der Waals surface area contributed by atoms with Crippen molar-refractivity contribution in [3.8, 4) is 0 Å². The molecule has 0 heterocycles. The van der Waals surface area contributed by atoms with Gasteiger partial charge in [0.15, 0.2) is 0 Å². The molecule has 0 radical (unpaired) electrons. The average Bonchev–Trinajstić information content (AvgIpc) is 2.15. The van der Waals surface area contributed by atoms with Gasteiger partial charge in [0.2, 0.25) is 0 Å². The molecule has 0 aromatic heterocycles. The Bertz CT molecular complexity index is 460. The van der Waals surface area contributed by atoms with E-state index in [9.17, 15) is 26.4 Å². The third-order valence-corrected chi connectivity index (χ3v) is 3.59. The molecule has 0 rings (SSSR count). The molecule has 0 saturated heterocycles. The summed E-state index contributed by atoms with van der Waals surface area (Å²) in [6, 6.07) is 0. The first-order valence-electron chi connectivity index (χ1n) is 4.46. The maximum absolute atomic E-state index is 10.9. The van der Waals surface area contributed by atoms with E-state index in [-0.39, 0.29) is 13.1 Å². The molecule has 0 aliphatic rings. The summed E-state index contributed by atoms with van der Waals surface area (Å²) in [4.78, 5) is 21.8. The Morgan fingerprint density at radius 3 is 1.28 bits per heavy atom. The molecule has 0 saturated carbocycles. The number of rotatable bonds is 6. The minimum Gasteiger partial charge on any atom is -0.336 e. The van der Waals surface area contributed by atoms with Crippen LogP contribution in [-0.4, -0.2) is 53.4 Å². The van der Waals surface area contributed by atoms with Crippen molar-refractivity contribution in [3.05, 3.63) is 0 Å². The number of carbonyl (C=O) groups excluding carboxylic acids is 2. The van der Waals surface area contributed by atoms with Gasteiger partial charge in [-0.3, -0.25) is 0 Å². The summed E-state index contributed by atoms with van der Waals surface area (Å²) in [6.45, 7) is -0.674. The summed E-state index contributed by atoms with van der Waals surface area (Å²) >= 11 is 0. The Kier molecular flexibility index (Phi) is 6.17. The van der Waals surface area contributed by atoms with Gasteiger partial charge < -0.3 is 19.8 Å². The van der Waals surface area contributed by atoms with Gasteiger partial charge in [0.25, 0.3) is 0 Å². The highest BCUT2D eigenvalue weighted by molar-refractivity contribution is 7.87. The van der Waals surface area contributed by atoms with E-state index in [0.717, 1.165) is 0 Å². The van der Waals surface area contributed by atoms with Gasteiger partial charge in [0, 0.05) is 13.1 Å². The Morgan fingerprint density at radius 1 is 0.778 bits per heavy atom. The van der Waals surface area contributed by atoms with Crippen molar-refractivity contribution < 1.29 is 34.8 Å². The maximum atomic E-state index is 10.9. The fourth-order valence-corrected chi connectivity index (χ4v) is 2.01. The Labute approximate surface area is 103 Å². The van der Waals surface area contributed by atoms with E-state index in [2.05, 4.69) is 8.37 Å². The fourth-order valence-electron chi connectivity index (χ4n) is 0.671. The smallest absolute Gasteiger partial charge is 0.336 e. The quantitative estimate of drug-likeness (QED) is 0.372. The van der Waals surface area contributed by atoms with Gasteiger partial charge in [-0.25, -0.2) is 9.59 Å². The molecule has 0 fully saturated rings. The molecule has 12 heteroatoms. The number of hydrogen-bond acceptors (Lipinski definition) is 10. The molecule has 0 aromatic carbocycles. The van der Waals surface area contributed by atoms with Crippen molar-refractivity contribution in [1.82, 2.24) is 0 Å². The predicted octanol–water partition coefficient (Wildman–Crippen LogP) is -3.35. The second kappa shape index (κ2) is 6.63. The number of hydrogen-bond donors (Lipinski definition) is 2. The summed E-state index contributed by atoms with van der Waals surface area (Å²) in [7, 11) is -8.68. The van der Waals surface area contributed by atoms with Crippen LogP contribution in [0.1, 0.15) is 0 Å². The standard InChI is InChI=1S/C6H12N2O8S2/c7-1-3-17(11,12)15-5(9)6(10)16-18(13,14)4-2-8/h1-4,7-8H2. The lowest BCUT2D eigenvalue weighted by atomic mass is 10.7. The molecule has 0 amide bonds. The highest BCUT2D eigenvalue weighted by atomic mass is 32.2. The second-order valence-corrected chi connectivity index (χ2v) is 6.22. The minimum atomic E-state index is -4.34. The fraction of sp³-hybridized carbons (Fsp3) is 0.667. The van der Waals surface area contributed by atoms with Gasteiger partial charge in [0.05, 0.1) is 11.5 Å². The predicted molar refractivity (Wildman–Crippen MR) is 57.9 cm³/mol. The zero-order valence-corrected chi connectivity index (χ0v) is 10.7. The van der Waals surface area contributed by atoms with Gasteiger partial charge in [-0.05, 0) is 0 Å². The summed E-state index contributed by atoms with van der Waals surface area (Å²) in [5, 5.41) is 0. The van der Waals surface area contributed by atoms with Crippen LogP contribution >= 0.6 is 0 Å². The van der Waals surface area contributed by atoms with Gasteiger partial charge in [-0.2, -0.15) is 16.8 Å². The highest BCUT2D eigenvalue weighted by Gasteiger charge is 2.28. The lowest BCUT2D eigenvalue weighted by molar-refractivity contribution is -0.155. The molecule has 106 valence electrons. The monoisotopic (exact) mass is 304 g/mol. The molecule has 0 aliphatic heterocycles. The summed E-state index contributed by atoms with van der Waals surface area (Å²) in [6.07, 6.45) is 0. The third kappa shape index (κ3) is 6.48. The Hall–Kier alpha value is -1.24. The maximum Gasteiger partial charge on any atom is 0.434 e. The highest BCUT2D eigenvalue weighted by Crippen LogP contribution is 1.99. The van der Waals surface area contributed by atoms with Crippen LogP contribution in [0.15, 0.2) is 0 Å². The first kappa shape index (κ1) is 16.8. The third-order valence-electron chi connectivity index (χ3n) is 1.31. The second-order valence-electron chi connectivity index (χ2n) is 2.84. The van der Waals surface area contributed by atoms with Crippen LogP contribution in [0.25, 0.3) is 0 Å². The molecule has 0 spiro atoms. The molecule has 4 N–H and O–H groups in total. The van der Waals surface area contributed by atoms with Crippen LogP contribution in [0.3, 0.4) is 0 Å². The van der Waals surface area contributed by atoms with Crippen LogP contribution in [0.4, 0.5) is 0 Å². The lowest BCUT2D eigenvalue weighted by Crippen LogP contribution is -2.30. The summed E-state index contributed by atoms with van der Waals surface area (Å²) in [5.41, 5.74) is 9.82. The van der Waals surface area contributed by atoms with Crippen LogP contribution in [-0.2, 0) is 38.2 Å². The van der Waals surface area contributed by atoms with Crippen molar-refractivity contribution in [2.24, 2.45) is 11.5 Å². The number of nitrogens with two attached hydrogens (primary N) is 2. The Balaban J connectivity index is 4.60. The van der Waals surface area contributed by atoms with Crippen molar-refractivity contribution in [1.29, 1.82) is 0 Å². The van der Waals surface area contributed by atoms with E-state index >= 15 is 0 Å². The van der Waals surface area contributed by atoms with E-state index in [0.29, 0.717) is 0 Å². The molecule has 18 heavy (non-hydrogen) atoms. The van der Waals surface area contributed by atoms with E-state index in [4.69, 9.17) is 11.5 Å². The van der Waals surface area contributed by atoms with Crippen LogP contribution in [0.2, 0.25) is 0 Å². The summed E-state index contributed by atoms with van der Waals surface area (Å²) < 4.78 is 51.2. The number of carbonyl (C=O) groups is 2. The van der Waals surface area contributed by atoms with Gasteiger partial charge >= 0.3 is 32.2 Å². The summed E-state index contributed by atoms with van der Waals surface area (Å²) in [5.74, 6) is -5.35. The van der Waals surface area contributed by atoms with Crippen molar-refractivity contribution >= 4 is 32.2 Å². The van der Waals surface area contributed by atoms with E-state index in [1.165, 1.54) is 0 Å². The van der Waals surface area contributed by atoms with Crippen LogP contribution in [0.5, 0.6) is 0 Å². The average molecular weight is 304 g/mol. The van der Waals surface area contributed by atoms with Crippen molar-refractivity contribution in [2.45, 2.75) is 0 Å². The van der Waals surface area contributed by atoms with Gasteiger partial charge in [0.1, 0.15) is 0 Å². The first-order chi connectivity index (χ1) is 8.13. The molecule has 0 aromatic rings. The SMILES string of the molecule is NCCS(=O)(=O)OC(=O)C(=O)OS(=O)(=O)CCN. The van der Waals surface area contributed by atoms with Crippen molar-refractivity contribution in [2.75, 3.05) is 24.6 Å². The molecular weight excluding hydrogens is 292 g/mol. The van der Waals surface area contributed by atoms with E-state index < -0.39 is 43.7 Å². The molecule has 0 aliphatic carbocycles. The molecule has 0 bridgehead atoms. The zero-order valence-electron chi connectivity index (χ0n) is 9.07. The first-order valence-corrected chi connectivity index (χ1v) is 7.62. The molecular formula is C6H12N2O8S2. The van der Waals surface area contributed by atoms with E-state index in [1.54, 1.807) is 0 Å². The topological polar surface area (TPSA) is 173 Å². The molecule has 10 nitrogen and oxygen atoms in total. The van der Waals surface area contributed by atoms with Crippen LogP contribution < -0.4 is 11.5 Å². The van der Waals surface area contributed by atoms with Crippen molar-refractivity contribution in [3.63, 3.8) is 0 Å². The van der Waals surface area contributed by atoms with E-state index in [1.807, 2.05) is 0 Å². The molecule has 0 unspecified atom stereocenters. The van der Waals surface area contributed by atoms with Gasteiger partial charge in [-0.15, -0.1) is 0 Å². The van der Waals surface area contributed by atoms with Gasteiger partial charge in [-0.1, -0.05) is 0 Å². The molecule has 0 atom stereocenters. The Morgan fingerprint density at radius 2 is 1.06 bits per heavy atom. The lowest BCUT2D eigenvalue weighted by Gasteiger charge is -2.04. The minimum absolute atomic E-state index is 0.337. The normalized spacial score (nSPS) is 11.9. The van der Waals surface area contributed by atoms with Crippen LogP contribution in [0, 0.1) is 0 Å².